The summed E-state index contributed by atoms with van der Waals surface area (Å²) in [6.45, 7) is 0.431. The summed E-state index contributed by atoms with van der Waals surface area (Å²) in [7, 11) is 3.01. The predicted molar refractivity (Wildman–Crippen MR) is 74.1 cm³/mol. The van der Waals surface area contributed by atoms with Crippen LogP contribution in [0.2, 0.25) is 0 Å². The van der Waals surface area contributed by atoms with Crippen LogP contribution in [0.1, 0.15) is 15.9 Å². The highest BCUT2D eigenvalue weighted by Gasteiger charge is 2.11. The van der Waals surface area contributed by atoms with Crippen molar-refractivity contribution < 1.29 is 14.4 Å². The maximum absolute atomic E-state index is 11.9. The Bertz CT molecular complexity index is 572. The number of amides is 1. The van der Waals surface area contributed by atoms with Crippen LogP contribution in [0, 0.1) is 0 Å². The van der Waals surface area contributed by atoms with Crippen molar-refractivity contribution in [2.75, 3.05) is 14.2 Å². The Kier molecular flexibility index (Phi) is 4.68. The number of benzene rings is 1. The molecule has 104 valence electrons. The molecule has 0 saturated heterocycles. The number of rotatable bonds is 5. The lowest BCUT2D eigenvalue weighted by Gasteiger charge is -2.14. The van der Waals surface area contributed by atoms with Crippen molar-refractivity contribution in [1.29, 1.82) is 0 Å². The van der Waals surface area contributed by atoms with Crippen molar-refractivity contribution >= 4 is 5.91 Å². The lowest BCUT2D eigenvalue weighted by atomic mass is 10.2. The predicted octanol–water partition coefficient (Wildman–Crippen LogP) is 2.29. The molecule has 1 amide bonds. The van der Waals surface area contributed by atoms with Crippen molar-refractivity contribution in [3.63, 3.8) is 0 Å². The van der Waals surface area contributed by atoms with Gasteiger partial charge in [-0.25, -0.2) is 5.06 Å². The van der Waals surface area contributed by atoms with E-state index in [9.17, 15) is 4.79 Å². The molecule has 0 N–H and O–H groups in total. The van der Waals surface area contributed by atoms with E-state index >= 15 is 0 Å². The number of carbonyl (C=O) groups excluding carboxylic acids is 1. The third-order valence-electron chi connectivity index (χ3n) is 2.80. The van der Waals surface area contributed by atoms with Crippen LogP contribution in [0.15, 0.2) is 48.8 Å². The average Bonchev–Trinajstić information content (AvgIpc) is 2.52. The van der Waals surface area contributed by atoms with Gasteiger partial charge in [-0.15, -0.1) is 0 Å². The second kappa shape index (κ2) is 6.68. The van der Waals surface area contributed by atoms with Gasteiger partial charge in [0.1, 0.15) is 12.4 Å². The number of nitrogens with zero attached hydrogens (tertiary/aromatic N) is 2. The van der Waals surface area contributed by atoms with Gasteiger partial charge >= 0.3 is 0 Å². The minimum atomic E-state index is -0.220. The second-order valence-electron chi connectivity index (χ2n) is 4.16. The molecule has 0 aliphatic rings. The molecular weight excluding hydrogens is 256 g/mol. The Balaban J connectivity index is 2.05. The van der Waals surface area contributed by atoms with Crippen LogP contribution in [-0.2, 0) is 11.4 Å². The largest absolute Gasteiger partial charge is 0.489 e. The molecule has 2 rings (SSSR count). The van der Waals surface area contributed by atoms with E-state index in [1.807, 2.05) is 18.2 Å². The van der Waals surface area contributed by atoms with Gasteiger partial charge in [0.2, 0.25) is 0 Å². The molecular formula is C15H16N2O3. The molecule has 1 aromatic carbocycles. The Morgan fingerprint density at radius 2 is 2.00 bits per heavy atom. The Hall–Kier alpha value is -2.40. The number of hydrogen-bond donors (Lipinski definition) is 0. The van der Waals surface area contributed by atoms with Gasteiger partial charge in [-0.1, -0.05) is 6.07 Å². The van der Waals surface area contributed by atoms with Crippen LogP contribution in [0.3, 0.4) is 0 Å². The molecule has 5 heteroatoms. The summed E-state index contributed by atoms with van der Waals surface area (Å²) >= 11 is 0. The summed E-state index contributed by atoms with van der Waals surface area (Å²) in [6.07, 6.45) is 3.43. The summed E-state index contributed by atoms with van der Waals surface area (Å²) in [5.41, 5.74) is 1.53. The molecule has 0 spiro atoms. The van der Waals surface area contributed by atoms with E-state index < -0.39 is 0 Å². The zero-order valence-corrected chi connectivity index (χ0v) is 11.4. The molecule has 0 aliphatic heterocycles. The van der Waals surface area contributed by atoms with Crippen molar-refractivity contribution in [3.05, 3.63) is 59.9 Å². The topological polar surface area (TPSA) is 51.7 Å². The molecule has 0 aliphatic carbocycles. The van der Waals surface area contributed by atoms with E-state index in [0.29, 0.717) is 17.9 Å². The van der Waals surface area contributed by atoms with Crippen molar-refractivity contribution in [1.82, 2.24) is 10.0 Å². The smallest absolute Gasteiger partial charge is 0.277 e. The monoisotopic (exact) mass is 272 g/mol. The van der Waals surface area contributed by atoms with Crippen molar-refractivity contribution in [2.45, 2.75) is 6.61 Å². The van der Waals surface area contributed by atoms with Crippen LogP contribution >= 0.6 is 0 Å². The fraction of sp³-hybridized carbons (Fsp3) is 0.200. The fourth-order valence-corrected chi connectivity index (χ4v) is 1.63. The molecule has 0 atom stereocenters. The third kappa shape index (κ3) is 3.55. The Morgan fingerprint density at radius 3 is 2.70 bits per heavy atom. The van der Waals surface area contributed by atoms with E-state index in [-0.39, 0.29) is 5.91 Å². The molecule has 0 bridgehead atoms. The molecule has 5 nitrogen and oxygen atoms in total. The van der Waals surface area contributed by atoms with E-state index in [2.05, 4.69) is 4.98 Å². The first-order valence-electron chi connectivity index (χ1n) is 6.14. The van der Waals surface area contributed by atoms with Crippen LogP contribution in [-0.4, -0.2) is 30.1 Å². The van der Waals surface area contributed by atoms with Crippen LogP contribution in [0.5, 0.6) is 5.75 Å². The molecule has 0 radical (unpaired) electrons. The molecule has 2 aromatic rings. The highest BCUT2D eigenvalue weighted by molar-refractivity contribution is 5.93. The van der Waals surface area contributed by atoms with Gasteiger partial charge in [-0.2, -0.15) is 0 Å². The van der Waals surface area contributed by atoms with Gasteiger partial charge in [0, 0.05) is 25.0 Å². The number of pyridine rings is 1. The molecule has 0 unspecified atom stereocenters. The minimum Gasteiger partial charge on any atom is -0.489 e. The summed E-state index contributed by atoms with van der Waals surface area (Å²) in [5, 5.41) is 1.17. The van der Waals surface area contributed by atoms with Gasteiger partial charge in [0.25, 0.3) is 5.91 Å². The SMILES string of the molecule is CON(C)C(=O)c1cccc(OCc2ccncc2)c1. The Labute approximate surface area is 117 Å². The first kappa shape index (κ1) is 14.0. The summed E-state index contributed by atoms with van der Waals surface area (Å²) < 4.78 is 5.66. The Morgan fingerprint density at radius 1 is 1.25 bits per heavy atom. The summed E-state index contributed by atoms with van der Waals surface area (Å²) in [4.78, 5) is 20.8. The molecule has 1 aromatic heterocycles. The van der Waals surface area contributed by atoms with Gasteiger partial charge in [-0.3, -0.25) is 14.6 Å². The zero-order chi connectivity index (χ0) is 14.4. The van der Waals surface area contributed by atoms with Gasteiger partial charge in [0.05, 0.1) is 7.11 Å². The fourth-order valence-electron chi connectivity index (χ4n) is 1.63. The number of carbonyl (C=O) groups is 1. The van der Waals surface area contributed by atoms with E-state index in [0.717, 1.165) is 5.56 Å². The van der Waals surface area contributed by atoms with Gasteiger partial charge in [0.15, 0.2) is 0 Å². The average molecular weight is 272 g/mol. The number of aromatic nitrogens is 1. The van der Waals surface area contributed by atoms with Crippen LogP contribution < -0.4 is 4.74 Å². The van der Waals surface area contributed by atoms with Gasteiger partial charge in [-0.05, 0) is 35.9 Å². The summed E-state index contributed by atoms with van der Waals surface area (Å²) in [6, 6.07) is 10.8. The minimum absolute atomic E-state index is 0.220. The van der Waals surface area contributed by atoms with E-state index in [1.165, 1.54) is 12.2 Å². The number of hydroxylamine groups is 2. The van der Waals surface area contributed by atoms with Crippen molar-refractivity contribution in [2.24, 2.45) is 0 Å². The quantitative estimate of drug-likeness (QED) is 0.784. The maximum atomic E-state index is 11.9. The lowest BCUT2D eigenvalue weighted by molar-refractivity contribution is -0.0757. The number of hydrogen-bond acceptors (Lipinski definition) is 4. The van der Waals surface area contributed by atoms with Crippen molar-refractivity contribution in [3.8, 4) is 5.75 Å². The normalized spacial score (nSPS) is 10.1. The van der Waals surface area contributed by atoms with E-state index in [1.54, 1.807) is 37.6 Å². The second-order valence-corrected chi connectivity index (χ2v) is 4.16. The lowest BCUT2D eigenvalue weighted by Crippen LogP contribution is -2.25. The first-order chi connectivity index (χ1) is 9.70. The van der Waals surface area contributed by atoms with E-state index in [4.69, 9.17) is 9.57 Å². The third-order valence-corrected chi connectivity index (χ3v) is 2.80. The molecule has 1 heterocycles. The van der Waals surface area contributed by atoms with Crippen LogP contribution in [0.25, 0.3) is 0 Å². The molecule has 0 fully saturated rings. The maximum Gasteiger partial charge on any atom is 0.277 e. The number of ether oxygens (including phenoxy) is 1. The standard InChI is InChI=1S/C15H16N2O3/c1-17(19-2)15(18)13-4-3-5-14(10-13)20-11-12-6-8-16-9-7-12/h3-10H,11H2,1-2H3. The highest BCUT2D eigenvalue weighted by Crippen LogP contribution is 2.16. The van der Waals surface area contributed by atoms with Gasteiger partial charge < -0.3 is 4.74 Å². The highest BCUT2D eigenvalue weighted by atomic mass is 16.7. The van der Waals surface area contributed by atoms with Crippen LogP contribution in [0.4, 0.5) is 0 Å². The zero-order valence-electron chi connectivity index (χ0n) is 11.4. The molecule has 0 saturated carbocycles. The first-order valence-corrected chi connectivity index (χ1v) is 6.14. The summed E-state index contributed by atoms with van der Waals surface area (Å²) in [5.74, 6) is 0.416. The molecule has 20 heavy (non-hydrogen) atoms.